The fraction of sp³-hybridized carbons (Fsp3) is 0.870. The van der Waals surface area contributed by atoms with Crippen LogP contribution in [0.25, 0.3) is 0 Å². The van der Waals surface area contributed by atoms with Gasteiger partial charge in [0.15, 0.2) is 0 Å². The molecule has 0 saturated carbocycles. The fourth-order valence-corrected chi connectivity index (χ4v) is 6.06. The molecular weight excluding hydrogens is 398 g/mol. The number of hydrogen-bond donors (Lipinski definition) is 3. The average molecular weight is 438 g/mol. The zero-order valence-electron chi connectivity index (χ0n) is 19.6. The molecule has 8 nitrogen and oxygen atoms in total. The first-order valence-corrected chi connectivity index (χ1v) is 11.9. The minimum atomic E-state index is -1.03. The highest BCUT2D eigenvalue weighted by atomic mass is 16.5. The molecule has 3 fully saturated rings. The van der Waals surface area contributed by atoms with Gasteiger partial charge < -0.3 is 25.4 Å². The lowest BCUT2D eigenvalue weighted by Crippen LogP contribution is -2.59. The van der Waals surface area contributed by atoms with Crippen LogP contribution in [0.2, 0.25) is 0 Å². The van der Waals surface area contributed by atoms with Gasteiger partial charge in [-0.25, -0.2) is 0 Å². The molecule has 0 aliphatic carbocycles. The van der Waals surface area contributed by atoms with E-state index in [0.29, 0.717) is 25.8 Å². The first kappa shape index (κ1) is 24.0. The number of likely N-dealkylation sites (tertiary alicyclic amines) is 1. The van der Waals surface area contributed by atoms with Crippen molar-refractivity contribution in [3.63, 3.8) is 0 Å². The Balaban J connectivity index is 2.02. The summed E-state index contributed by atoms with van der Waals surface area (Å²) < 4.78 is 6.53. The molecule has 176 valence electrons. The summed E-state index contributed by atoms with van der Waals surface area (Å²) >= 11 is 0. The van der Waals surface area contributed by atoms with Crippen LogP contribution in [0.3, 0.4) is 0 Å². The second kappa shape index (κ2) is 9.06. The largest absolute Gasteiger partial charge is 0.394 e. The maximum Gasteiger partial charge on any atom is 0.246 e. The Morgan fingerprint density at radius 3 is 2.52 bits per heavy atom. The SMILES string of the molecule is CCCNC(=O)[C@H]1[C@H]2C(=O)N([C@@H](CC)CO)C(C(=O)NC(C)CCC)C23CC[C@]1(C)O3. The van der Waals surface area contributed by atoms with E-state index in [9.17, 15) is 19.5 Å². The van der Waals surface area contributed by atoms with Gasteiger partial charge in [-0.3, -0.25) is 14.4 Å². The van der Waals surface area contributed by atoms with E-state index in [4.69, 9.17) is 4.74 Å². The summed E-state index contributed by atoms with van der Waals surface area (Å²) in [5, 5.41) is 16.0. The lowest BCUT2D eigenvalue weighted by Gasteiger charge is -2.37. The maximum atomic E-state index is 13.8. The van der Waals surface area contributed by atoms with E-state index in [1.165, 1.54) is 4.90 Å². The van der Waals surface area contributed by atoms with Gasteiger partial charge in [-0.2, -0.15) is 0 Å². The molecule has 3 amide bonds. The zero-order valence-corrected chi connectivity index (χ0v) is 19.6. The number of amides is 3. The van der Waals surface area contributed by atoms with Crippen molar-refractivity contribution in [1.29, 1.82) is 0 Å². The molecule has 31 heavy (non-hydrogen) atoms. The summed E-state index contributed by atoms with van der Waals surface area (Å²) in [7, 11) is 0. The van der Waals surface area contributed by atoms with Crippen molar-refractivity contribution in [2.75, 3.05) is 13.2 Å². The molecule has 3 rings (SSSR count). The predicted molar refractivity (Wildman–Crippen MR) is 116 cm³/mol. The second-order valence-corrected chi connectivity index (χ2v) is 9.71. The highest BCUT2D eigenvalue weighted by molar-refractivity contribution is 5.99. The Morgan fingerprint density at radius 1 is 1.23 bits per heavy atom. The summed E-state index contributed by atoms with van der Waals surface area (Å²) in [5.41, 5.74) is -1.79. The Kier molecular flexibility index (Phi) is 7.01. The molecule has 3 heterocycles. The number of rotatable bonds is 10. The van der Waals surface area contributed by atoms with Gasteiger partial charge in [-0.05, 0) is 46.0 Å². The van der Waals surface area contributed by atoms with Gasteiger partial charge in [0.25, 0.3) is 0 Å². The van der Waals surface area contributed by atoms with Gasteiger partial charge in [0.2, 0.25) is 17.7 Å². The molecule has 3 saturated heterocycles. The Labute approximate surface area is 185 Å². The minimum absolute atomic E-state index is 0.0306. The molecule has 7 atom stereocenters. The number of nitrogens with one attached hydrogen (secondary N) is 2. The van der Waals surface area contributed by atoms with Crippen LogP contribution in [0.15, 0.2) is 0 Å². The Hall–Kier alpha value is -1.67. The lowest BCUT2D eigenvalue weighted by molar-refractivity contribution is -0.150. The summed E-state index contributed by atoms with van der Waals surface area (Å²) in [6.45, 7) is 10.1. The fourth-order valence-electron chi connectivity index (χ4n) is 6.06. The van der Waals surface area contributed by atoms with Crippen molar-refractivity contribution in [2.45, 2.75) is 102 Å². The predicted octanol–water partition coefficient (Wildman–Crippen LogP) is 1.35. The highest BCUT2D eigenvalue weighted by Crippen LogP contribution is 2.63. The van der Waals surface area contributed by atoms with E-state index in [2.05, 4.69) is 17.6 Å². The summed E-state index contributed by atoms with van der Waals surface area (Å²) in [6, 6.07) is -1.36. The molecule has 2 bridgehead atoms. The third-order valence-electron chi connectivity index (χ3n) is 7.48. The van der Waals surface area contributed by atoms with E-state index in [1.807, 2.05) is 27.7 Å². The molecule has 3 unspecified atom stereocenters. The quantitative estimate of drug-likeness (QED) is 0.478. The van der Waals surface area contributed by atoms with Crippen LogP contribution in [0, 0.1) is 11.8 Å². The minimum Gasteiger partial charge on any atom is -0.394 e. The van der Waals surface area contributed by atoms with Crippen LogP contribution in [0.1, 0.15) is 73.1 Å². The molecule has 0 radical (unpaired) electrons. The molecule has 1 spiro atoms. The van der Waals surface area contributed by atoms with Crippen molar-refractivity contribution in [2.24, 2.45) is 11.8 Å². The number of aliphatic hydroxyl groups excluding tert-OH is 1. The van der Waals surface area contributed by atoms with Crippen LogP contribution in [-0.4, -0.2) is 70.2 Å². The molecular formula is C23H39N3O5. The number of fused-ring (bicyclic) bond motifs is 1. The van der Waals surface area contributed by atoms with E-state index < -0.39 is 35.1 Å². The van der Waals surface area contributed by atoms with Gasteiger partial charge in [-0.1, -0.05) is 27.2 Å². The number of carbonyl (C=O) groups is 3. The maximum absolute atomic E-state index is 13.8. The first-order chi connectivity index (χ1) is 14.7. The molecule has 3 aliphatic heterocycles. The van der Waals surface area contributed by atoms with Crippen LogP contribution in [0.4, 0.5) is 0 Å². The highest BCUT2D eigenvalue weighted by Gasteiger charge is 2.78. The molecule has 0 aromatic rings. The van der Waals surface area contributed by atoms with Gasteiger partial charge in [0.1, 0.15) is 11.6 Å². The van der Waals surface area contributed by atoms with E-state index in [1.54, 1.807) is 0 Å². The Bertz CT molecular complexity index is 711. The van der Waals surface area contributed by atoms with Crippen molar-refractivity contribution in [1.82, 2.24) is 15.5 Å². The molecule has 8 heteroatoms. The van der Waals surface area contributed by atoms with E-state index >= 15 is 0 Å². The van der Waals surface area contributed by atoms with Crippen molar-refractivity contribution in [3.05, 3.63) is 0 Å². The third kappa shape index (κ3) is 3.75. The average Bonchev–Trinajstić information content (AvgIpc) is 3.28. The number of carbonyl (C=O) groups excluding carboxylic acids is 3. The van der Waals surface area contributed by atoms with Gasteiger partial charge in [-0.15, -0.1) is 0 Å². The summed E-state index contributed by atoms with van der Waals surface area (Å²) in [5.74, 6) is -2.01. The number of aliphatic hydroxyl groups is 1. The molecule has 0 aromatic carbocycles. The van der Waals surface area contributed by atoms with Crippen molar-refractivity contribution in [3.8, 4) is 0 Å². The Morgan fingerprint density at radius 2 is 1.94 bits per heavy atom. The normalized spacial score (nSPS) is 35.7. The monoisotopic (exact) mass is 437 g/mol. The molecule has 0 aromatic heterocycles. The van der Waals surface area contributed by atoms with Gasteiger partial charge >= 0.3 is 0 Å². The standard InChI is InChI=1S/C23H39N3O5/c1-6-9-14(4)25-20(29)18-23-11-10-22(5,31-23)16(19(28)24-12-7-2)17(23)21(30)26(18)15(8-3)13-27/h14-18,27H,6-13H2,1-5H3,(H,24,28)(H,25,29)/t14?,15-,16+,17-,18?,22-,23?/m0/s1. The van der Waals surface area contributed by atoms with Crippen molar-refractivity contribution >= 4 is 17.7 Å². The summed E-state index contributed by atoms with van der Waals surface area (Å²) in [4.78, 5) is 42.0. The van der Waals surface area contributed by atoms with Gasteiger partial charge in [0.05, 0.1) is 30.1 Å². The number of nitrogens with zero attached hydrogens (tertiary/aromatic N) is 1. The molecule has 3 N–H and O–H groups in total. The smallest absolute Gasteiger partial charge is 0.246 e. The lowest BCUT2D eigenvalue weighted by atomic mass is 9.66. The number of hydrogen-bond acceptors (Lipinski definition) is 5. The zero-order chi connectivity index (χ0) is 23.0. The second-order valence-electron chi connectivity index (χ2n) is 9.71. The van der Waals surface area contributed by atoms with Crippen LogP contribution in [0.5, 0.6) is 0 Å². The van der Waals surface area contributed by atoms with E-state index in [0.717, 1.165) is 19.3 Å². The van der Waals surface area contributed by atoms with Crippen LogP contribution >= 0.6 is 0 Å². The third-order valence-corrected chi connectivity index (χ3v) is 7.48. The summed E-state index contributed by atoms with van der Waals surface area (Å²) in [6.07, 6.45) is 4.26. The van der Waals surface area contributed by atoms with Gasteiger partial charge in [0, 0.05) is 12.6 Å². The van der Waals surface area contributed by atoms with E-state index in [-0.39, 0.29) is 30.4 Å². The van der Waals surface area contributed by atoms with Crippen LogP contribution < -0.4 is 10.6 Å². The van der Waals surface area contributed by atoms with Crippen LogP contribution in [-0.2, 0) is 19.1 Å². The molecule has 3 aliphatic rings. The van der Waals surface area contributed by atoms with Crippen molar-refractivity contribution < 1.29 is 24.2 Å². The number of ether oxygens (including phenoxy) is 1. The first-order valence-electron chi connectivity index (χ1n) is 11.9. The topological polar surface area (TPSA) is 108 Å².